The van der Waals surface area contributed by atoms with Crippen LogP contribution in [0.15, 0.2) is 36.0 Å². The molecule has 0 unspecified atom stereocenters. The fraction of sp³-hybridized carbons (Fsp3) is 0.421. The molecule has 120 valence electrons. The molecule has 0 radical (unpaired) electrons. The van der Waals surface area contributed by atoms with Gasteiger partial charge in [-0.05, 0) is 37.5 Å². The molecule has 3 heterocycles. The highest BCUT2D eigenvalue weighted by atomic mass is 16.5. The molecule has 1 N–H and O–H groups in total. The maximum atomic E-state index is 5.81. The zero-order chi connectivity index (χ0) is 15.6. The van der Waals surface area contributed by atoms with Gasteiger partial charge in [-0.3, -0.25) is 0 Å². The molecule has 0 aliphatic carbocycles. The Morgan fingerprint density at radius 2 is 2.26 bits per heavy atom. The number of benzene rings is 1. The molecular formula is C19H23N3O. The first-order chi connectivity index (χ1) is 11.3. The second kappa shape index (κ2) is 6.20. The van der Waals surface area contributed by atoms with Gasteiger partial charge in [0, 0.05) is 37.3 Å². The van der Waals surface area contributed by atoms with Gasteiger partial charge in [-0.15, -0.1) is 0 Å². The Bertz CT molecular complexity index is 732. The van der Waals surface area contributed by atoms with E-state index < -0.39 is 0 Å². The Morgan fingerprint density at radius 1 is 1.35 bits per heavy atom. The Morgan fingerprint density at radius 3 is 3.22 bits per heavy atom. The Hall–Kier alpha value is -2.07. The van der Waals surface area contributed by atoms with Gasteiger partial charge in [0.05, 0.1) is 5.69 Å². The minimum absolute atomic E-state index is 0.523. The van der Waals surface area contributed by atoms with Crippen LogP contribution in [0.2, 0.25) is 0 Å². The van der Waals surface area contributed by atoms with Crippen molar-refractivity contribution in [2.24, 2.45) is 0 Å². The standard InChI is InChI=1S/C19H23N3O/c1-14-12-22-8-4-6-17(19(22)21-14)11-20-10-15-9-16-5-2-3-7-18(16)23-13-15/h2-3,5,7,9,12,17,20H,4,6,8,10-11,13H2,1H3/t17-/m1/s1. The van der Waals surface area contributed by atoms with Crippen LogP contribution >= 0.6 is 0 Å². The van der Waals surface area contributed by atoms with Gasteiger partial charge in [0.2, 0.25) is 0 Å². The maximum absolute atomic E-state index is 5.81. The molecule has 2 aromatic rings. The van der Waals surface area contributed by atoms with E-state index in [-0.39, 0.29) is 0 Å². The number of imidazole rings is 1. The van der Waals surface area contributed by atoms with Gasteiger partial charge in [0.25, 0.3) is 0 Å². The third-order valence-corrected chi connectivity index (χ3v) is 4.68. The summed E-state index contributed by atoms with van der Waals surface area (Å²) in [6, 6.07) is 8.21. The van der Waals surface area contributed by atoms with Gasteiger partial charge in [-0.25, -0.2) is 4.98 Å². The molecule has 4 heteroatoms. The number of para-hydroxylation sites is 1. The van der Waals surface area contributed by atoms with Crippen molar-refractivity contribution in [3.63, 3.8) is 0 Å². The summed E-state index contributed by atoms with van der Waals surface area (Å²) >= 11 is 0. The van der Waals surface area contributed by atoms with Crippen LogP contribution in [0.3, 0.4) is 0 Å². The normalized spacial score (nSPS) is 19.5. The number of ether oxygens (including phenoxy) is 1. The molecule has 1 atom stereocenters. The number of rotatable bonds is 4. The molecule has 4 nitrogen and oxygen atoms in total. The van der Waals surface area contributed by atoms with Crippen molar-refractivity contribution >= 4 is 6.08 Å². The smallest absolute Gasteiger partial charge is 0.127 e. The molecule has 1 aromatic carbocycles. The molecule has 2 aliphatic rings. The summed E-state index contributed by atoms with van der Waals surface area (Å²) in [6.07, 6.45) is 6.89. The van der Waals surface area contributed by atoms with Gasteiger partial charge in [0.15, 0.2) is 0 Å². The number of hydrogen-bond acceptors (Lipinski definition) is 3. The maximum Gasteiger partial charge on any atom is 0.127 e. The quantitative estimate of drug-likeness (QED) is 0.943. The summed E-state index contributed by atoms with van der Waals surface area (Å²) < 4.78 is 8.14. The average molecular weight is 309 g/mol. The first-order valence-electron chi connectivity index (χ1n) is 8.45. The molecule has 0 fully saturated rings. The number of nitrogens with zero attached hydrogens (tertiary/aromatic N) is 2. The lowest BCUT2D eigenvalue weighted by Crippen LogP contribution is -2.29. The molecule has 4 rings (SSSR count). The van der Waals surface area contributed by atoms with E-state index in [2.05, 4.69) is 41.2 Å². The van der Waals surface area contributed by atoms with Crippen molar-refractivity contribution in [2.75, 3.05) is 19.7 Å². The van der Waals surface area contributed by atoms with Crippen LogP contribution in [0, 0.1) is 6.92 Å². The molecule has 23 heavy (non-hydrogen) atoms. The Kier molecular flexibility index (Phi) is 3.92. The van der Waals surface area contributed by atoms with E-state index in [0.717, 1.165) is 31.1 Å². The zero-order valence-electron chi connectivity index (χ0n) is 13.6. The SMILES string of the molecule is Cc1cn2c(n1)[C@@H](CNCC1=Cc3ccccc3OC1)CCC2. The molecule has 0 saturated carbocycles. The predicted octanol–water partition coefficient (Wildman–Crippen LogP) is 3.13. The van der Waals surface area contributed by atoms with Crippen LogP contribution in [0.25, 0.3) is 6.08 Å². The van der Waals surface area contributed by atoms with Crippen molar-refractivity contribution < 1.29 is 4.74 Å². The van der Waals surface area contributed by atoms with Crippen molar-refractivity contribution in [2.45, 2.75) is 32.2 Å². The second-order valence-electron chi connectivity index (χ2n) is 6.53. The molecule has 0 saturated heterocycles. The first kappa shape index (κ1) is 14.5. The molecule has 0 bridgehead atoms. The average Bonchev–Trinajstić information content (AvgIpc) is 2.96. The zero-order valence-corrected chi connectivity index (χ0v) is 13.6. The highest BCUT2D eigenvalue weighted by Crippen LogP contribution is 2.27. The lowest BCUT2D eigenvalue weighted by atomic mass is 9.98. The fourth-order valence-electron chi connectivity index (χ4n) is 3.57. The van der Waals surface area contributed by atoms with Crippen LogP contribution < -0.4 is 10.1 Å². The predicted molar refractivity (Wildman–Crippen MR) is 91.7 cm³/mol. The molecule has 1 aromatic heterocycles. The monoisotopic (exact) mass is 309 g/mol. The lowest BCUT2D eigenvalue weighted by molar-refractivity contribution is 0.341. The van der Waals surface area contributed by atoms with Crippen LogP contribution in [-0.4, -0.2) is 29.2 Å². The third kappa shape index (κ3) is 3.04. The van der Waals surface area contributed by atoms with E-state index in [9.17, 15) is 0 Å². The number of nitrogens with one attached hydrogen (secondary N) is 1. The van der Waals surface area contributed by atoms with Crippen molar-refractivity contribution in [1.29, 1.82) is 0 Å². The summed E-state index contributed by atoms with van der Waals surface area (Å²) in [7, 11) is 0. The molecule has 2 aliphatic heterocycles. The van der Waals surface area contributed by atoms with Crippen LogP contribution in [0.4, 0.5) is 0 Å². The second-order valence-corrected chi connectivity index (χ2v) is 6.53. The van der Waals surface area contributed by atoms with Crippen molar-refractivity contribution in [1.82, 2.24) is 14.9 Å². The molecule has 0 spiro atoms. The van der Waals surface area contributed by atoms with E-state index in [0.29, 0.717) is 12.5 Å². The van der Waals surface area contributed by atoms with Crippen LogP contribution in [0.1, 0.15) is 35.8 Å². The van der Waals surface area contributed by atoms with Gasteiger partial charge in [-0.2, -0.15) is 0 Å². The summed E-state index contributed by atoms with van der Waals surface area (Å²) in [6.45, 7) is 5.74. The Balaban J connectivity index is 1.37. The molecule has 0 amide bonds. The van der Waals surface area contributed by atoms with E-state index >= 15 is 0 Å². The summed E-state index contributed by atoms with van der Waals surface area (Å²) in [4.78, 5) is 4.71. The highest BCUT2D eigenvalue weighted by molar-refractivity contribution is 5.62. The molecular weight excluding hydrogens is 286 g/mol. The highest BCUT2D eigenvalue weighted by Gasteiger charge is 2.22. The Labute approximate surface area is 137 Å². The van der Waals surface area contributed by atoms with Crippen LogP contribution in [0.5, 0.6) is 5.75 Å². The van der Waals surface area contributed by atoms with E-state index in [1.165, 1.54) is 29.8 Å². The lowest BCUT2D eigenvalue weighted by Gasteiger charge is -2.24. The number of hydrogen-bond donors (Lipinski definition) is 1. The van der Waals surface area contributed by atoms with Gasteiger partial charge < -0.3 is 14.6 Å². The largest absolute Gasteiger partial charge is 0.489 e. The minimum atomic E-state index is 0.523. The first-order valence-corrected chi connectivity index (χ1v) is 8.45. The summed E-state index contributed by atoms with van der Waals surface area (Å²) in [5, 5.41) is 3.60. The van der Waals surface area contributed by atoms with Gasteiger partial charge in [0.1, 0.15) is 18.2 Å². The van der Waals surface area contributed by atoms with Crippen molar-refractivity contribution in [3.05, 3.63) is 53.1 Å². The summed E-state index contributed by atoms with van der Waals surface area (Å²) in [5.74, 6) is 2.76. The minimum Gasteiger partial charge on any atom is -0.489 e. The van der Waals surface area contributed by atoms with E-state index in [4.69, 9.17) is 9.72 Å². The van der Waals surface area contributed by atoms with E-state index in [1.807, 2.05) is 12.1 Å². The number of fused-ring (bicyclic) bond motifs is 2. The fourth-order valence-corrected chi connectivity index (χ4v) is 3.57. The third-order valence-electron chi connectivity index (χ3n) is 4.68. The van der Waals surface area contributed by atoms with Crippen LogP contribution in [-0.2, 0) is 6.54 Å². The number of aryl methyl sites for hydroxylation is 2. The van der Waals surface area contributed by atoms with E-state index in [1.54, 1.807) is 0 Å². The topological polar surface area (TPSA) is 39.1 Å². The van der Waals surface area contributed by atoms with Gasteiger partial charge in [-0.1, -0.05) is 18.2 Å². The van der Waals surface area contributed by atoms with Gasteiger partial charge >= 0.3 is 0 Å². The van der Waals surface area contributed by atoms with Crippen molar-refractivity contribution in [3.8, 4) is 5.75 Å². The number of aromatic nitrogens is 2. The summed E-state index contributed by atoms with van der Waals surface area (Å²) in [5.41, 5.74) is 3.62.